The van der Waals surface area contributed by atoms with Gasteiger partial charge in [-0.05, 0) is 44.1 Å². The molecule has 0 unspecified atom stereocenters. The van der Waals surface area contributed by atoms with Crippen LogP contribution in [-0.4, -0.2) is 35.5 Å². The summed E-state index contributed by atoms with van der Waals surface area (Å²) in [5.41, 5.74) is 1.00. The number of hydrogen-bond donors (Lipinski definition) is 1. The number of aliphatic hydroxyl groups excluding tert-OH is 1. The molecule has 0 radical (unpaired) electrons. The first kappa shape index (κ1) is 13.5. The van der Waals surface area contributed by atoms with Crippen molar-refractivity contribution in [2.45, 2.75) is 30.7 Å². The Labute approximate surface area is 112 Å². The van der Waals surface area contributed by atoms with Crippen molar-refractivity contribution in [2.24, 2.45) is 0 Å². The maximum atomic E-state index is 12.4. The summed E-state index contributed by atoms with van der Waals surface area (Å²) >= 11 is 4.72. The van der Waals surface area contributed by atoms with Crippen LogP contribution in [0, 0.1) is 6.92 Å². The third-order valence-electron chi connectivity index (χ3n) is 3.12. The minimum atomic E-state index is -3.56. The first-order valence-corrected chi connectivity index (χ1v) is 7.59. The van der Waals surface area contributed by atoms with E-state index in [0.717, 1.165) is 12.0 Å². The van der Waals surface area contributed by atoms with Gasteiger partial charge in [0.05, 0.1) is 10.9 Å². The predicted molar refractivity (Wildman–Crippen MR) is 73.3 cm³/mol. The molecule has 0 bridgehead atoms. The third-order valence-corrected chi connectivity index (χ3v) is 5.31. The van der Waals surface area contributed by atoms with E-state index < -0.39 is 16.1 Å². The topological polar surface area (TPSA) is 57.6 Å². The van der Waals surface area contributed by atoms with Crippen LogP contribution in [0.5, 0.6) is 0 Å². The van der Waals surface area contributed by atoms with E-state index in [1.807, 2.05) is 6.92 Å². The highest BCUT2D eigenvalue weighted by atomic mass is 32.2. The number of aliphatic hydroxyl groups is 1. The summed E-state index contributed by atoms with van der Waals surface area (Å²) in [6.07, 6.45) is 1.30. The standard InChI is InChI=1S/C12H15NO3S2/c1-9-4-6-10(7-5-9)18(15,16)13-8-2-3-11(13)12(14)17/h4-7,11H,2-3,8H2,1H3,(H,14,17)/t11-/m0/s1. The Morgan fingerprint density at radius 1 is 1.39 bits per heavy atom. The molecule has 0 saturated carbocycles. The van der Waals surface area contributed by atoms with Crippen molar-refractivity contribution in [3.8, 4) is 0 Å². The maximum Gasteiger partial charge on any atom is 0.243 e. The first-order chi connectivity index (χ1) is 8.43. The van der Waals surface area contributed by atoms with Gasteiger partial charge in [-0.25, -0.2) is 8.42 Å². The summed E-state index contributed by atoms with van der Waals surface area (Å²) in [6, 6.07) is 6.12. The molecule has 4 nitrogen and oxygen atoms in total. The molecule has 1 aliphatic rings. The fourth-order valence-electron chi connectivity index (χ4n) is 2.12. The van der Waals surface area contributed by atoms with Crippen LogP contribution in [0.1, 0.15) is 18.4 Å². The molecule has 1 atom stereocenters. The van der Waals surface area contributed by atoms with Crippen LogP contribution < -0.4 is 0 Å². The summed E-state index contributed by atoms with van der Waals surface area (Å²) in [5.74, 6) is 0. The number of thiocarbonyl (C=S) groups is 1. The maximum absolute atomic E-state index is 12.4. The minimum absolute atomic E-state index is 0.247. The number of nitrogens with zero attached hydrogens (tertiary/aromatic N) is 1. The SMILES string of the molecule is Cc1ccc(S(=O)(=O)N2CCC[C@H]2C(O)=S)cc1. The Bertz CT molecular complexity index is 551. The van der Waals surface area contributed by atoms with E-state index >= 15 is 0 Å². The molecule has 1 aliphatic heterocycles. The summed E-state index contributed by atoms with van der Waals surface area (Å²) in [7, 11) is -3.56. The van der Waals surface area contributed by atoms with E-state index in [1.165, 1.54) is 4.31 Å². The highest BCUT2D eigenvalue weighted by Crippen LogP contribution is 2.26. The van der Waals surface area contributed by atoms with Gasteiger partial charge in [-0.1, -0.05) is 17.7 Å². The number of hydrogen-bond acceptors (Lipinski definition) is 3. The molecule has 1 heterocycles. The second-order valence-corrected chi connectivity index (χ2v) is 6.73. The average molecular weight is 285 g/mol. The molecule has 2 rings (SSSR count). The molecule has 18 heavy (non-hydrogen) atoms. The highest BCUT2D eigenvalue weighted by molar-refractivity contribution is 7.89. The normalized spacial score (nSPS) is 21.1. The fraction of sp³-hybridized carbons (Fsp3) is 0.417. The lowest BCUT2D eigenvalue weighted by molar-refractivity contribution is 0.409. The van der Waals surface area contributed by atoms with Gasteiger partial charge in [-0.2, -0.15) is 4.31 Å². The molecule has 98 valence electrons. The molecule has 0 aliphatic carbocycles. The molecule has 0 spiro atoms. The van der Waals surface area contributed by atoms with Crippen LogP contribution in [0.4, 0.5) is 0 Å². The van der Waals surface area contributed by atoms with Gasteiger partial charge in [0.25, 0.3) is 0 Å². The smallest absolute Gasteiger partial charge is 0.243 e. The van der Waals surface area contributed by atoms with Crippen LogP contribution in [0.3, 0.4) is 0 Å². The number of rotatable bonds is 3. The van der Waals surface area contributed by atoms with Gasteiger partial charge in [0, 0.05) is 6.54 Å². The number of benzene rings is 1. The van der Waals surface area contributed by atoms with E-state index in [-0.39, 0.29) is 9.95 Å². The first-order valence-electron chi connectivity index (χ1n) is 5.74. The summed E-state index contributed by atoms with van der Waals surface area (Å²) in [5, 5.41) is 9.16. The molecule has 1 fully saturated rings. The lowest BCUT2D eigenvalue weighted by Crippen LogP contribution is -2.39. The minimum Gasteiger partial charge on any atom is -0.501 e. The Hall–Kier alpha value is -0.980. The zero-order valence-electron chi connectivity index (χ0n) is 10.0. The molecule has 1 N–H and O–H groups in total. The van der Waals surface area contributed by atoms with Crippen LogP contribution in [-0.2, 0) is 10.0 Å². The molecular weight excluding hydrogens is 270 g/mol. The highest BCUT2D eigenvalue weighted by Gasteiger charge is 2.37. The van der Waals surface area contributed by atoms with Gasteiger partial charge in [-0.3, -0.25) is 0 Å². The Kier molecular flexibility index (Phi) is 3.70. The zero-order chi connectivity index (χ0) is 13.3. The van der Waals surface area contributed by atoms with Crippen LogP contribution >= 0.6 is 12.2 Å². The Balaban J connectivity index is 2.36. The molecular formula is C12H15NO3S2. The van der Waals surface area contributed by atoms with Crippen molar-refractivity contribution in [1.29, 1.82) is 0 Å². The van der Waals surface area contributed by atoms with Crippen molar-refractivity contribution in [3.05, 3.63) is 29.8 Å². The fourth-order valence-corrected chi connectivity index (χ4v) is 4.09. The second kappa shape index (κ2) is 4.95. The van der Waals surface area contributed by atoms with Crippen LogP contribution in [0.25, 0.3) is 0 Å². The van der Waals surface area contributed by atoms with Crippen molar-refractivity contribution in [1.82, 2.24) is 4.31 Å². The Morgan fingerprint density at radius 3 is 2.56 bits per heavy atom. The van der Waals surface area contributed by atoms with Gasteiger partial charge in [0.1, 0.15) is 0 Å². The van der Waals surface area contributed by atoms with Crippen LogP contribution in [0.2, 0.25) is 0 Å². The van der Waals surface area contributed by atoms with Crippen molar-refractivity contribution in [2.75, 3.05) is 6.54 Å². The lowest BCUT2D eigenvalue weighted by Gasteiger charge is -2.22. The summed E-state index contributed by atoms with van der Waals surface area (Å²) in [4.78, 5) is 0.247. The molecule has 0 amide bonds. The molecule has 1 aromatic carbocycles. The van der Waals surface area contributed by atoms with E-state index in [4.69, 9.17) is 12.2 Å². The third kappa shape index (κ3) is 2.41. The molecule has 6 heteroatoms. The van der Waals surface area contributed by atoms with Crippen LogP contribution in [0.15, 0.2) is 29.2 Å². The van der Waals surface area contributed by atoms with Gasteiger partial charge in [0.2, 0.25) is 10.0 Å². The molecule has 0 aromatic heterocycles. The monoisotopic (exact) mass is 285 g/mol. The number of aryl methyl sites for hydroxylation is 1. The number of sulfonamides is 1. The predicted octanol–water partition coefficient (Wildman–Crippen LogP) is 2.03. The quantitative estimate of drug-likeness (QED) is 0.863. The van der Waals surface area contributed by atoms with Gasteiger partial charge < -0.3 is 5.11 Å². The van der Waals surface area contributed by atoms with Crippen molar-refractivity contribution >= 4 is 27.3 Å². The van der Waals surface area contributed by atoms with Crippen molar-refractivity contribution < 1.29 is 13.5 Å². The van der Waals surface area contributed by atoms with Gasteiger partial charge in [0.15, 0.2) is 5.05 Å². The van der Waals surface area contributed by atoms with E-state index in [1.54, 1.807) is 24.3 Å². The van der Waals surface area contributed by atoms with E-state index in [2.05, 4.69) is 0 Å². The van der Waals surface area contributed by atoms with E-state index in [0.29, 0.717) is 13.0 Å². The van der Waals surface area contributed by atoms with Crippen molar-refractivity contribution in [3.63, 3.8) is 0 Å². The second-order valence-electron chi connectivity index (χ2n) is 4.43. The van der Waals surface area contributed by atoms with Gasteiger partial charge in [-0.15, -0.1) is 0 Å². The molecule has 1 saturated heterocycles. The molecule has 1 aromatic rings. The summed E-state index contributed by atoms with van der Waals surface area (Å²) in [6.45, 7) is 2.31. The lowest BCUT2D eigenvalue weighted by atomic mass is 10.2. The summed E-state index contributed by atoms with van der Waals surface area (Å²) < 4.78 is 26.1. The van der Waals surface area contributed by atoms with E-state index in [9.17, 15) is 13.5 Å². The zero-order valence-corrected chi connectivity index (χ0v) is 11.7. The van der Waals surface area contributed by atoms with Gasteiger partial charge >= 0.3 is 0 Å². The largest absolute Gasteiger partial charge is 0.501 e. The average Bonchev–Trinajstić information content (AvgIpc) is 2.79. The Morgan fingerprint density at radius 2 is 2.00 bits per heavy atom.